The molecule has 0 saturated carbocycles. The quantitative estimate of drug-likeness (QED) is 0.410. The highest BCUT2D eigenvalue weighted by molar-refractivity contribution is 7.17. The molecule has 0 radical (unpaired) electrons. The van der Waals surface area contributed by atoms with Gasteiger partial charge in [-0.25, -0.2) is 4.98 Å². The number of aromatic nitrogens is 1. The number of nitrogens with zero attached hydrogens (tertiary/aromatic N) is 2. The van der Waals surface area contributed by atoms with Gasteiger partial charge in [0.1, 0.15) is 10.8 Å². The van der Waals surface area contributed by atoms with Crippen molar-refractivity contribution in [1.82, 2.24) is 9.88 Å². The predicted octanol–water partition coefficient (Wildman–Crippen LogP) is 5.89. The van der Waals surface area contributed by atoms with Crippen LogP contribution in [0.25, 0.3) is 10.6 Å². The number of aryl methyl sites for hydroxylation is 1. The molecule has 34 heavy (non-hydrogen) atoms. The molecule has 2 aromatic carbocycles. The van der Waals surface area contributed by atoms with E-state index in [4.69, 9.17) is 4.74 Å². The third kappa shape index (κ3) is 4.48. The van der Waals surface area contributed by atoms with Gasteiger partial charge in [0.2, 0.25) is 5.78 Å². The monoisotopic (exact) mass is 476 g/mol. The van der Waals surface area contributed by atoms with E-state index < -0.39 is 17.7 Å². The third-order valence-corrected chi connectivity index (χ3v) is 6.81. The fraction of sp³-hybridized carbons (Fsp3) is 0.296. The minimum absolute atomic E-state index is 0.0321. The fourth-order valence-corrected chi connectivity index (χ4v) is 5.16. The van der Waals surface area contributed by atoms with Crippen LogP contribution in [0.2, 0.25) is 0 Å². The average Bonchev–Trinajstić information content (AvgIpc) is 3.33. The van der Waals surface area contributed by atoms with E-state index >= 15 is 0 Å². The maximum absolute atomic E-state index is 13.8. The molecule has 2 heterocycles. The van der Waals surface area contributed by atoms with Crippen LogP contribution in [0.15, 0.2) is 65.9 Å². The van der Waals surface area contributed by atoms with Gasteiger partial charge in [-0.3, -0.25) is 9.59 Å². The lowest BCUT2D eigenvalue weighted by Crippen LogP contribution is -2.31. The van der Waals surface area contributed by atoms with Crippen LogP contribution in [-0.2, 0) is 4.79 Å². The Morgan fingerprint density at radius 2 is 1.82 bits per heavy atom. The van der Waals surface area contributed by atoms with Gasteiger partial charge in [0.05, 0.1) is 28.3 Å². The summed E-state index contributed by atoms with van der Waals surface area (Å²) < 4.78 is 5.74. The first-order valence-corrected chi connectivity index (χ1v) is 12.2. The molecular formula is C27H28N2O4S. The lowest BCUT2D eigenvalue weighted by molar-refractivity contribution is -0.129. The summed E-state index contributed by atoms with van der Waals surface area (Å²) in [6.07, 6.45) is 0.730. The van der Waals surface area contributed by atoms with Gasteiger partial charge in [0, 0.05) is 12.1 Å². The summed E-state index contributed by atoms with van der Waals surface area (Å²) >= 11 is 1.28. The first-order valence-electron chi connectivity index (χ1n) is 11.4. The largest absolute Gasteiger partial charge is 0.503 e. The second kappa shape index (κ2) is 9.81. The van der Waals surface area contributed by atoms with Crippen molar-refractivity contribution in [3.05, 3.63) is 82.1 Å². The summed E-state index contributed by atoms with van der Waals surface area (Å²) in [5, 5.41) is 11.6. The van der Waals surface area contributed by atoms with E-state index in [1.54, 1.807) is 11.8 Å². The Bertz CT molecular complexity index is 1230. The molecule has 1 amide bonds. The van der Waals surface area contributed by atoms with Crippen LogP contribution in [0, 0.1) is 6.92 Å². The number of aliphatic hydroxyl groups is 1. The van der Waals surface area contributed by atoms with E-state index in [-0.39, 0.29) is 17.5 Å². The van der Waals surface area contributed by atoms with E-state index in [1.165, 1.54) is 11.3 Å². The maximum atomic E-state index is 13.8. The number of benzene rings is 2. The Labute approximate surface area is 203 Å². The number of carbonyl (C=O) groups is 2. The zero-order valence-corrected chi connectivity index (χ0v) is 20.6. The zero-order valence-electron chi connectivity index (χ0n) is 19.7. The van der Waals surface area contributed by atoms with Crippen LogP contribution in [0.1, 0.15) is 54.2 Å². The van der Waals surface area contributed by atoms with Crippen LogP contribution < -0.4 is 4.74 Å². The predicted molar refractivity (Wildman–Crippen MR) is 133 cm³/mol. The molecule has 176 valence electrons. The van der Waals surface area contributed by atoms with Gasteiger partial charge in [0.15, 0.2) is 5.76 Å². The number of thiazole rings is 1. The summed E-state index contributed by atoms with van der Waals surface area (Å²) in [7, 11) is 0. The third-order valence-electron chi connectivity index (χ3n) is 5.60. The van der Waals surface area contributed by atoms with Crippen molar-refractivity contribution in [1.29, 1.82) is 0 Å². The molecule has 0 aliphatic carbocycles. The summed E-state index contributed by atoms with van der Waals surface area (Å²) in [4.78, 5) is 33.3. The molecule has 0 bridgehead atoms. The van der Waals surface area contributed by atoms with E-state index in [2.05, 4.69) is 4.98 Å². The maximum Gasteiger partial charge on any atom is 0.290 e. The smallest absolute Gasteiger partial charge is 0.290 e. The lowest BCUT2D eigenvalue weighted by atomic mass is 9.95. The fourth-order valence-electron chi connectivity index (χ4n) is 4.14. The molecule has 1 aromatic heterocycles. The molecule has 1 aliphatic heterocycles. The van der Waals surface area contributed by atoms with E-state index in [0.717, 1.165) is 16.1 Å². The molecule has 1 aliphatic rings. The molecule has 6 nitrogen and oxygen atoms in total. The second-order valence-corrected chi connectivity index (χ2v) is 9.53. The van der Waals surface area contributed by atoms with Crippen molar-refractivity contribution in [2.24, 2.45) is 0 Å². The molecule has 7 heteroatoms. The number of ketones is 1. The van der Waals surface area contributed by atoms with Crippen molar-refractivity contribution in [2.75, 3.05) is 6.54 Å². The van der Waals surface area contributed by atoms with Gasteiger partial charge in [0.25, 0.3) is 5.91 Å². The van der Waals surface area contributed by atoms with Gasteiger partial charge < -0.3 is 14.7 Å². The Balaban J connectivity index is 1.74. The van der Waals surface area contributed by atoms with E-state index in [0.29, 0.717) is 29.3 Å². The molecule has 0 saturated heterocycles. The van der Waals surface area contributed by atoms with Gasteiger partial charge in [-0.2, -0.15) is 0 Å². The van der Waals surface area contributed by atoms with E-state index in [9.17, 15) is 14.7 Å². The van der Waals surface area contributed by atoms with Gasteiger partial charge in [-0.15, -0.1) is 11.3 Å². The molecule has 3 aromatic rings. The van der Waals surface area contributed by atoms with Crippen LogP contribution in [0.3, 0.4) is 0 Å². The molecular weight excluding hydrogens is 448 g/mol. The van der Waals surface area contributed by atoms with E-state index in [1.807, 2.05) is 75.4 Å². The standard InChI is InChI=1S/C27H28N2O4S/c1-5-15-29-22(18-11-13-20(14-12-18)33-16(2)3)21(24(31)27(29)32)23(30)25-17(4)28-26(34-25)19-9-7-6-8-10-19/h6-14,16,22,31H,5,15H2,1-4H3. The first-order chi connectivity index (χ1) is 16.3. The molecule has 1 unspecified atom stereocenters. The van der Waals surface area contributed by atoms with Crippen LogP contribution in [0.5, 0.6) is 5.75 Å². The molecule has 4 rings (SSSR count). The lowest BCUT2D eigenvalue weighted by Gasteiger charge is -2.26. The summed E-state index contributed by atoms with van der Waals surface area (Å²) in [5.74, 6) is -0.672. The summed E-state index contributed by atoms with van der Waals surface area (Å²) in [5.41, 5.74) is 2.34. The van der Waals surface area contributed by atoms with Gasteiger partial charge in [-0.1, -0.05) is 49.4 Å². The van der Waals surface area contributed by atoms with Crippen molar-refractivity contribution >= 4 is 23.0 Å². The molecule has 0 spiro atoms. The SMILES string of the molecule is CCCN1C(=O)C(O)=C(C(=O)c2sc(-c3ccccc3)nc2C)C1c1ccc(OC(C)C)cc1. The van der Waals surface area contributed by atoms with Gasteiger partial charge in [-0.05, 0) is 44.9 Å². The highest BCUT2D eigenvalue weighted by atomic mass is 32.1. The Morgan fingerprint density at radius 3 is 2.44 bits per heavy atom. The molecule has 1 atom stereocenters. The van der Waals surface area contributed by atoms with Crippen molar-refractivity contribution < 1.29 is 19.4 Å². The Hall–Kier alpha value is -3.45. The number of rotatable bonds is 8. The average molecular weight is 477 g/mol. The number of amides is 1. The summed E-state index contributed by atoms with van der Waals surface area (Å²) in [6.45, 7) is 8.06. The van der Waals surface area contributed by atoms with Gasteiger partial charge >= 0.3 is 0 Å². The number of Topliss-reactive ketones (excluding diaryl/α,β-unsaturated/α-hetero) is 1. The van der Waals surface area contributed by atoms with Crippen molar-refractivity contribution in [3.63, 3.8) is 0 Å². The number of carbonyl (C=O) groups excluding carboxylic acids is 2. The Kier molecular flexibility index (Phi) is 6.84. The number of ether oxygens (including phenoxy) is 1. The molecule has 0 fully saturated rings. The number of hydrogen-bond donors (Lipinski definition) is 1. The number of aliphatic hydroxyl groups excluding tert-OH is 1. The minimum Gasteiger partial charge on any atom is -0.503 e. The van der Waals surface area contributed by atoms with Crippen LogP contribution in [-0.4, -0.2) is 39.3 Å². The normalized spacial score (nSPS) is 16.0. The van der Waals surface area contributed by atoms with Crippen LogP contribution in [0.4, 0.5) is 0 Å². The van der Waals surface area contributed by atoms with Crippen molar-refractivity contribution in [3.8, 4) is 16.3 Å². The zero-order chi connectivity index (χ0) is 24.4. The Morgan fingerprint density at radius 1 is 1.15 bits per heavy atom. The topological polar surface area (TPSA) is 79.7 Å². The molecule has 1 N–H and O–H groups in total. The minimum atomic E-state index is -0.672. The number of hydrogen-bond acceptors (Lipinski definition) is 6. The first kappa shape index (κ1) is 23.7. The highest BCUT2D eigenvalue weighted by Gasteiger charge is 2.44. The van der Waals surface area contributed by atoms with Crippen LogP contribution >= 0.6 is 11.3 Å². The highest BCUT2D eigenvalue weighted by Crippen LogP contribution is 2.41. The second-order valence-electron chi connectivity index (χ2n) is 8.53. The summed E-state index contributed by atoms with van der Waals surface area (Å²) in [6, 6.07) is 16.3. The van der Waals surface area contributed by atoms with Crippen molar-refractivity contribution in [2.45, 2.75) is 46.3 Å².